The van der Waals surface area contributed by atoms with Gasteiger partial charge in [0, 0.05) is 20.0 Å². The van der Waals surface area contributed by atoms with Crippen molar-refractivity contribution in [2.45, 2.75) is 0 Å². The third kappa shape index (κ3) is 3.00. The quantitative estimate of drug-likeness (QED) is 0.747. The molecule has 1 aliphatic heterocycles. The minimum atomic E-state index is -1.78. The number of hydrogen-bond donors (Lipinski definition) is 0. The van der Waals surface area contributed by atoms with E-state index in [1.807, 2.05) is 0 Å². The molecule has 6 nitrogen and oxygen atoms in total. The van der Waals surface area contributed by atoms with Gasteiger partial charge in [0.2, 0.25) is 0 Å². The standard InChI is InChI=1S/C9H27N6P3/c1-13(2)16(7)10-17(8,14(3)4)12-18(9,11-16)15(5)6/h1-9H3. The zero-order valence-electron chi connectivity index (χ0n) is 13.0. The molecule has 0 radical (unpaired) electrons. The van der Waals surface area contributed by atoms with Crippen molar-refractivity contribution in [3.8, 4) is 0 Å². The molecule has 0 aromatic rings. The van der Waals surface area contributed by atoms with Gasteiger partial charge in [-0.05, 0) is 42.3 Å². The van der Waals surface area contributed by atoms with Gasteiger partial charge < -0.3 is 0 Å². The third-order valence-electron chi connectivity index (χ3n) is 3.29. The second-order valence-electron chi connectivity index (χ2n) is 5.41. The highest BCUT2D eigenvalue weighted by molar-refractivity contribution is 7.84. The van der Waals surface area contributed by atoms with Crippen molar-refractivity contribution in [3.05, 3.63) is 0 Å². The normalized spacial score (nSPS) is 40.7. The predicted octanol–water partition coefficient (Wildman–Crippen LogP) is 3.67. The van der Waals surface area contributed by atoms with Gasteiger partial charge in [0.1, 0.15) is 22.1 Å². The molecule has 1 aliphatic rings. The van der Waals surface area contributed by atoms with Gasteiger partial charge in [0.25, 0.3) is 0 Å². The van der Waals surface area contributed by atoms with Crippen molar-refractivity contribution in [2.75, 3.05) is 62.3 Å². The first-order valence-electron chi connectivity index (χ1n) is 5.82. The van der Waals surface area contributed by atoms with Crippen molar-refractivity contribution < 1.29 is 0 Å². The maximum absolute atomic E-state index is 5.06. The van der Waals surface area contributed by atoms with E-state index in [1.54, 1.807) is 0 Å². The van der Waals surface area contributed by atoms with Gasteiger partial charge in [-0.25, -0.2) is 13.5 Å². The van der Waals surface area contributed by atoms with Crippen molar-refractivity contribution >= 4 is 22.1 Å². The molecule has 0 bridgehead atoms. The summed E-state index contributed by atoms with van der Waals surface area (Å²) < 4.78 is 21.8. The van der Waals surface area contributed by atoms with Crippen LogP contribution < -0.4 is 0 Å². The second kappa shape index (κ2) is 5.16. The van der Waals surface area contributed by atoms with Crippen LogP contribution in [0.15, 0.2) is 13.5 Å². The summed E-state index contributed by atoms with van der Waals surface area (Å²) in [7, 11) is 7.11. The Hall–Kier alpha value is 0.570. The van der Waals surface area contributed by atoms with Gasteiger partial charge in [0.05, 0.1) is 0 Å². The first-order valence-corrected chi connectivity index (χ1v) is 12.1. The molecular formula is C9H27N6P3. The smallest absolute Gasteiger partial charge is 0.145 e. The van der Waals surface area contributed by atoms with Gasteiger partial charge in [-0.2, -0.15) is 0 Å². The maximum Gasteiger partial charge on any atom is 0.145 e. The first kappa shape index (κ1) is 16.6. The van der Waals surface area contributed by atoms with E-state index in [0.717, 1.165) is 0 Å². The summed E-state index contributed by atoms with van der Waals surface area (Å²) >= 11 is 0. The molecule has 0 saturated carbocycles. The third-order valence-corrected chi connectivity index (χ3v) is 16.0. The summed E-state index contributed by atoms with van der Waals surface area (Å²) in [5, 5.41) is 0. The Balaban J connectivity index is 3.66. The van der Waals surface area contributed by atoms with E-state index in [-0.39, 0.29) is 0 Å². The highest BCUT2D eigenvalue weighted by atomic mass is 31.3. The zero-order chi connectivity index (χ0) is 14.4. The molecule has 0 unspecified atom stereocenters. The zero-order valence-corrected chi connectivity index (χ0v) is 15.7. The molecule has 18 heavy (non-hydrogen) atoms. The minimum absolute atomic E-state index is 1.78. The average molecular weight is 312 g/mol. The fourth-order valence-electron chi connectivity index (χ4n) is 1.50. The number of nitrogens with zero attached hydrogens (tertiary/aromatic N) is 6. The van der Waals surface area contributed by atoms with Crippen LogP contribution in [-0.2, 0) is 0 Å². The predicted molar refractivity (Wildman–Crippen MR) is 86.9 cm³/mol. The summed E-state index contributed by atoms with van der Waals surface area (Å²) in [6.07, 6.45) is 0. The van der Waals surface area contributed by atoms with Crippen molar-refractivity contribution in [1.82, 2.24) is 14.0 Å². The Bertz CT molecular complexity index is 403. The van der Waals surface area contributed by atoms with Crippen LogP contribution in [0.3, 0.4) is 0 Å². The Kier molecular flexibility index (Phi) is 4.77. The van der Waals surface area contributed by atoms with Crippen LogP contribution in [0.25, 0.3) is 0 Å². The van der Waals surface area contributed by atoms with E-state index in [9.17, 15) is 0 Å². The average Bonchev–Trinajstić information content (AvgIpc) is 2.14. The van der Waals surface area contributed by atoms with Gasteiger partial charge >= 0.3 is 0 Å². The SMILES string of the molecule is CN(C)P1(C)=NP(C)(N(C)C)=NP(C)(N(C)C)=N1. The molecular weight excluding hydrogens is 285 g/mol. The van der Waals surface area contributed by atoms with E-state index in [0.29, 0.717) is 0 Å². The van der Waals surface area contributed by atoms with E-state index in [4.69, 9.17) is 13.5 Å². The molecule has 1 heterocycles. The number of rotatable bonds is 3. The van der Waals surface area contributed by atoms with Crippen LogP contribution in [0.1, 0.15) is 0 Å². The minimum Gasteiger partial charge on any atom is -0.258 e. The van der Waals surface area contributed by atoms with Crippen LogP contribution in [-0.4, -0.2) is 76.3 Å². The molecule has 0 saturated heterocycles. The Labute approximate surface area is 112 Å². The molecule has 0 spiro atoms. The molecule has 0 N–H and O–H groups in total. The fraction of sp³-hybridized carbons (Fsp3) is 1.00. The van der Waals surface area contributed by atoms with Gasteiger partial charge in [-0.15, -0.1) is 0 Å². The van der Waals surface area contributed by atoms with Gasteiger partial charge in [0.15, 0.2) is 0 Å². The largest absolute Gasteiger partial charge is 0.258 e. The Morgan fingerprint density at radius 3 is 0.778 bits per heavy atom. The van der Waals surface area contributed by atoms with Crippen molar-refractivity contribution in [2.24, 2.45) is 13.5 Å². The fourth-order valence-corrected chi connectivity index (χ4v) is 14.4. The van der Waals surface area contributed by atoms with Gasteiger partial charge in [-0.3, -0.25) is 14.0 Å². The molecule has 1 rings (SSSR count). The van der Waals surface area contributed by atoms with Gasteiger partial charge in [-0.1, -0.05) is 0 Å². The molecule has 0 aromatic heterocycles. The molecule has 0 aromatic carbocycles. The molecule has 0 atom stereocenters. The lowest BCUT2D eigenvalue weighted by atomic mass is 11.3. The van der Waals surface area contributed by atoms with Crippen LogP contribution in [0, 0.1) is 0 Å². The van der Waals surface area contributed by atoms with Crippen LogP contribution in [0.2, 0.25) is 0 Å². The number of hydrogen-bond acceptors (Lipinski definition) is 6. The van der Waals surface area contributed by atoms with Crippen molar-refractivity contribution in [3.63, 3.8) is 0 Å². The van der Waals surface area contributed by atoms with E-state index in [1.165, 1.54) is 0 Å². The monoisotopic (exact) mass is 312 g/mol. The lowest BCUT2D eigenvalue weighted by molar-refractivity contribution is 0.649. The summed E-state index contributed by atoms with van der Waals surface area (Å²) in [5.41, 5.74) is 0. The summed E-state index contributed by atoms with van der Waals surface area (Å²) in [5.74, 6) is 0. The molecule has 9 heteroatoms. The van der Waals surface area contributed by atoms with Crippen LogP contribution in [0.5, 0.6) is 0 Å². The Morgan fingerprint density at radius 2 is 0.667 bits per heavy atom. The van der Waals surface area contributed by atoms with Crippen molar-refractivity contribution in [1.29, 1.82) is 0 Å². The van der Waals surface area contributed by atoms with Crippen LogP contribution in [0.4, 0.5) is 0 Å². The molecule has 0 fully saturated rings. The molecule has 108 valence electrons. The van der Waals surface area contributed by atoms with E-state index in [2.05, 4.69) is 76.3 Å². The first-order chi connectivity index (χ1) is 7.95. The Morgan fingerprint density at radius 1 is 0.500 bits per heavy atom. The van der Waals surface area contributed by atoms with E-state index >= 15 is 0 Å². The lowest BCUT2D eigenvalue weighted by Crippen LogP contribution is -2.15. The van der Waals surface area contributed by atoms with E-state index < -0.39 is 22.1 Å². The topological polar surface area (TPSA) is 46.8 Å². The highest BCUT2D eigenvalue weighted by Crippen LogP contribution is 2.76. The summed E-state index contributed by atoms with van der Waals surface area (Å²) in [4.78, 5) is 0. The highest BCUT2D eigenvalue weighted by Gasteiger charge is 2.33. The lowest BCUT2D eigenvalue weighted by Gasteiger charge is -2.39. The van der Waals surface area contributed by atoms with Crippen LogP contribution >= 0.6 is 22.1 Å². The molecule has 0 aliphatic carbocycles. The summed E-state index contributed by atoms with van der Waals surface area (Å²) in [6, 6.07) is 0. The maximum atomic E-state index is 5.06. The summed E-state index contributed by atoms with van der Waals surface area (Å²) in [6.45, 7) is 6.56. The second-order valence-corrected chi connectivity index (χ2v) is 15.2. The molecule has 0 amide bonds.